The first-order valence-corrected chi connectivity index (χ1v) is 6.87. The zero-order valence-electron chi connectivity index (χ0n) is 11.3. The van der Waals surface area contributed by atoms with Gasteiger partial charge < -0.3 is 5.11 Å². The summed E-state index contributed by atoms with van der Waals surface area (Å²) in [6, 6.07) is 10.2. The van der Waals surface area contributed by atoms with E-state index in [-0.39, 0.29) is 12.3 Å². The van der Waals surface area contributed by atoms with Gasteiger partial charge in [0.05, 0.1) is 12.3 Å². The van der Waals surface area contributed by atoms with E-state index in [2.05, 4.69) is 5.10 Å². The van der Waals surface area contributed by atoms with Gasteiger partial charge in [-0.2, -0.15) is 5.10 Å². The first-order valence-electron chi connectivity index (χ1n) is 6.49. The van der Waals surface area contributed by atoms with Crippen molar-refractivity contribution < 1.29 is 13.9 Å². The third-order valence-corrected chi connectivity index (χ3v) is 3.49. The molecular formula is C16H11ClF2N2O. The van der Waals surface area contributed by atoms with Crippen molar-refractivity contribution in [2.24, 2.45) is 0 Å². The highest BCUT2D eigenvalue weighted by atomic mass is 35.5. The topological polar surface area (TPSA) is 38.0 Å². The SMILES string of the molecule is OCc1cn(-c2ccc(F)cc2F)nc1-c1ccc(Cl)cc1. The van der Waals surface area contributed by atoms with Crippen molar-refractivity contribution in [3.05, 3.63) is 70.9 Å². The lowest BCUT2D eigenvalue weighted by molar-refractivity contribution is 0.282. The molecule has 6 heteroatoms. The van der Waals surface area contributed by atoms with Crippen molar-refractivity contribution >= 4 is 11.6 Å². The number of benzene rings is 2. The lowest BCUT2D eigenvalue weighted by Crippen LogP contribution is -1.99. The van der Waals surface area contributed by atoms with Crippen molar-refractivity contribution in [2.75, 3.05) is 0 Å². The predicted octanol–water partition coefficient (Wildman–Crippen LogP) is 3.96. The third-order valence-electron chi connectivity index (χ3n) is 3.23. The summed E-state index contributed by atoms with van der Waals surface area (Å²) in [5.41, 5.74) is 1.90. The zero-order chi connectivity index (χ0) is 15.7. The van der Waals surface area contributed by atoms with Crippen molar-refractivity contribution in [3.63, 3.8) is 0 Å². The molecule has 0 radical (unpaired) electrons. The highest BCUT2D eigenvalue weighted by molar-refractivity contribution is 6.30. The Hall–Kier alpha value is -2.24. The van der Waals surface area contributed by atoms with Crippen LogP contribution in [0.15, 0.2) is 48.7 Å². The average Bonchev–Trinajstić information content (AvgIpc) is 2.92. The van der Waals surface area contributed by atoms with Crippen LogP contribution in [0.3, 0.4) is 0 Å². The Kier molecular flexibility index (Phi) is 3.92. The summed E-state index contributed by atoms with van der Waals surface area (Å²) in [6.07, 6.45) is 1.51. The van der Waals surface area contributed by atoms with Crippen molar-refractivity contribution in [3.8, 4) is 16.9 Å². The van der Waals surface area contributed by atoms with Crippen LogP contribution in [0.2, 0.25) is 5.02 Å². The van der Waals surface area contributed by atoms with E-state index in [0.29, 0.717) is 16.3 Å². The second kappa shape index (κ2) is 5.87. The van der Waals surface area contributed by atoms with Crippen LogP contribution in [0.5, 0.6) is 0 Å². The van der Waals surface area contributed by atoms with Gasteiger partial charge in [0.25, 0.3) is 0 Å². The molecule has 1 N–H and O–H groups in total. The molecule has 1 heterocycles. The third kappa shape index (κ3) is 2.73. The van der Waals surface area contributed by atoms with Crippen LogP contribution in [0, 0.1) is 11.6 Å². The van der Waals surface area contributed by atoms with E-state index in [1.54, 1.807) is 24.3 Å². The molecular weight excluding hydrogens is 310 g/mol. The molecule has 0 spiro atoms. The minimum atomic E-state index is -0.727. The summed E-state index contributed by atoms with van der Waals surface area (Å²) in [7, 11) is 0. The molecule has 0 bridgehead atoms. The van der Waals surface area contributed by atoms with Gasteiger partial charge in [-0.3, -0.25) is 0 Å². The molecule has 3 rings (SSSR count). The van der Waals surface area contributed by atoms with E-state index >= 15 is 0 Å². The Bertz CT molecular complexity index is 816. The second-order valence-electron chi connectivity index (χ2n) is 4.71. The number of hydrogen-bond acceptors (Lipinski definition) is 2. The van der Waals surface area contributed by atoms with Crippen LogP contribution in [0.1, 0.15) is 5.56 Å². The molecule has 0 saturated carbocycles. The monoisotopic (exact) mass is 320 g/mol. The maximum Gasteiger partial charge on any atom is 0.151 e. The number of nitrogens with zero attached hydrogens (tertiary/aromatic N) is 2. The van der Waals surface area contributed by atoms with Crippen LogP contribution < -0.4 is 0 Å². The molecule has 0 aliphatic rings. The van der Waals surface area contributed by atoms with Gasteiger partial charge in [-0.1, -0.05) is 23.7 Å². The fourth-order valence-corrected chi connectivity index (χ4v) is 2.29. The molecule has 0 fully saturated rings. The second-order valence-corrected chi connectivity index (χ2v) is 5.14. The van der Waals surface area contributed by atoms with Gasteiger partial charge >= 0.3 is 0 Å². The number of halogens is 3. The Balaban J connectivity index is 2.10. The minimum absolute atomic E-state index is 0.108. The summed E-state index contributed by atoms with van der Waals surface area (Å²) in [5, 5.41) is 14.3. The molecule has 112 valence electrons. The fourth-order valence-electron chi connectivity index (χ4n) is 2.17. The van der Waals surface area contributed by atoms with Gasteiger partial charge in [0.2, 0.25) is 0 Å². The highest BCUT2D eigenvalue weighted by Gasteiger charge is 2.14. The lowest BCUT2D eigenvalue weighted by atomic mass is 10.1. The van der Waals surface area contributed by atoms with Gasteiger partial charge in [0, 0.05) is 28.4 Å². The van der Waals surface area contributed by atoms with Gasteiger partial charge in [-0.25, -0.2) is 13.5 Å². The van der Waals surface area contributed by atoms with Crippen molar-refractivity contribution in [1.82, 2.24) is 9.78 Å². The maximum absolute atomic E-state index is 13.9. The van der Waals surface area contributed by atoms with E-state index in [1.807, 2.05) is 0 Å². The van der Waals surface area contributed by atoms with Gasteiger partial charge in [-0.05, 0) is 24.3 Å². The van der Waals surface area contributed by atoms with E-state index in [0.717, 1.165) is 17.7 Å². The minimum Gasteiger partial charge on any atom is -0.392 e. The predicted molar refractivity (Wildman–Crippen MR) is 79.8 cm³/mol. The summed E-state index contributed by atoms with van der Waals surface area (Å²) >= 11 is 5.85. The van der Waals surface area contributed by atoms with Crippen LogP contribution >= 0.6 is 11.6 Å². The van der Waals surface area contributed by atoms with E-state index in [1.165, 1.54) is 16.9 Å². The summed E-state index contributed by atoms with van der Waals surface area (Å²) in [6.45, 7) is -0.249. The first-order chi connectivity index (χ1) is 10.6. The maximum atomic E-state index is 13.9. The lowest BCUT2D eigenvalue weighted by Gasteiger charge is -2.03. The molecule has 1 aromatic heterocycles. The molecule has 3 nitrogen and oxygen atoms in total. The molecule has 0 aliphatic carbocycles. The smallest absolute Gasteiger partial charge is 0.151 e. The number of aliphatic hydroxyl groups excluding tert-OH is 1. The Morgan fingerprint density at radius 1 is 1.09 bits per heavy atom. The standard InChI is InChI=1S/C16H11ClF2N2O/c17-12-3-1-10(2-4-12)16-11(9-22)8-21(20-16)15-6-5-13(18)7-14(15)19/h1-8,22H,9H2. The molecule has 0 amide bonds. The summed E-state index contributed by atoms with van der Waals surface area (Å²) < 4.78 is 28.1. The van der Waals surface area contributed by atoms with Gasteiger partial charge in [0.15, 0.2) is 5.82 Å². The van der Waals surface area contributed by atoms with Crippen molar-refractivity contribution in [2.45, 2.75) is 6.61 Å². The molecule has 0 saturated heterocycles. The average molecular weight is 321 g/mol. The van der Waals surface area contributed by atoms with E-state index in [4.69, 9.17) is 11.6 Å². The van der Waals surface area contributed by atoms with E-state index in [9.17, 15) is 13.9 Å². The molecule has 2 aromatic carbocycles. The molecule has 0 unspecified atom stereocenters. The van der Waals surface area contributed by atoms with Crippen LogP contribution in [0.4, 0.5) is 8.78 Å². The fraction of sp³-hybridized carbons (Fsp3) is 0.0625. The quantitative estimate of drug-likeness (QED) is 0.793. The first kappa shape index (κ1) is 14.7. The van der Waals surface area contributed by atoms with Gasteiger partial charge in [-0.15, -0.1) is 0 Å². The Labute approximate surface area is 130 Å². The molecule has 0 atom stereocenters. The number of aliphatic hydroxyl groups is 1. The number of hydrogen-bond donors (Lipinski definition) is 1. The highest BCUT2D eigenvalue weighted by Crippen LogP contribution is 2.26. The van der Waals surface area contributed by atoms with Crippen LogP contribution in [-0.2, 0) is 6.61 Å². The largest absolute Gasteiger partial charge is 0.392 e. The van der Waals surface area contributed by atoms with Crippen molar-refractivity contribution in [1.29, 1.82) is 0 Å². The Morgan fingerprint density at radius 2 is 1.82 bits per heavy atom. The molecule has 0 aliphatic heterocycles. The van der Waals surface area contributed by atoms with Crippen LogP contribution in [-0.4, -0.2) is 14.9 Å². The van der Waals surface area contributed by atoms with Gasteiger partial charge in [0.1, 0.15) is 11.5 Å². The molecule has 22 heavy (non-hydrogen) atoms. The zero-order valence-corrected chi connectivity index (χ0v) is 12.1. The molecule has 3 aromatic rings. The van der Waals surface area contributed by atoms with E-state index < -0.39 is 11.6 Å². The summed E-state index contributed by atoms with van der Waals surface area (Å²) in [5.74, 6) is -1.39. The number of rotatable bonds is 3. The normalized spacial score (nSPS) is 10.9. The summed E-state index contributed by atoms with van der Waals surface area (Å²) in [4.78, 5) is 0. The van der Waals surface area contributed by atoms with Crippen LogP contribution in [0.25, 0.3) is 16.9 Å². The number of aromatic nitrogens is 2. The Morgan fingerprint density at radius 3 is 2.45 bits per heavy atom.